The van der Waals surface area contributed by atoms with Crippen molar-refractivity contribution in [2.45, 2.75) is 19.4 Å². The summed E-state index contributed by atoms with van der Waals surface area (Å²) in [6.07, 6.45) is 4.17. The number of nitriles is 1. The van der Waals surface area contributed by atoms with Gasteiger partial charge in [0.15, 0.2) is 0 Å². The van der Waals surface area contributed by atoms with E-state index in [4.69, 9.17) is 5.26 Å². The normalized spacial score (nSPS) is 15.7. The number of nitrogens with one attached hydrogen (secondary N) is 2. The van der Waals surface area contributed by atoms with Crippen molar-refractivity contribution >= 4 is 11.3 Å². The van der Waals surface area contributed by atoms with Gasteiger partial charge in [-0.05, 0) is 48.8 Å². The Morgan fingerprint density at radius 2 is 2.27 bits per heavy atom. The van der Waals surface area contributed by atoms with E-state index in [0.29, 0.717) is 5.57 Å². The van der Waals surface area contributed by atoms with Gasteiger partial charge < -0.3 is 5.32 Å². The summed E-state index contributed by atoms with van der Waals surface area (Å²) in [7, 11) is 0. The molecule has 0 bridgehead atoms. The first-order valence-corrected chi connectivity index (χ1v) is 7.27. The predicted molar refractivity (Wildman–Crippen MR) is 82.3 cm³/mol. The molecule has 22 heavy (non-hydrogen) atoms. The summed E-state index contributed by atoms with van der Waals surface area (Å²) in [4.78, 5) is 2.45. The quantitative estimate of drug-likeness (QED) is 0.817. The Bertz CT molecular complexity index is 678. The van der Waals surface area contributed by atoms with Gasteiger partial charge in [-0.1, -0.05) is 12.1 Å². The number of nitrogens with zero attached hydrogens (tertiary/aromatic N) is 5. The first kappa shape index (κ1) is 14.2. The van der Waals surface area contributed by atoms with Crippen molar-refractivity contribution < 1.29 is 0 Å². The lowest BCUT2D eigenvalue weighted by Gasteiger charge is -2.15. The topological polar surface area (TPSA) is 93.5 Å². The molecule has 0 spiro atoms. The summed E-state index contributed by atoms with van der Waals surface area (Å²) in [5.74, 6) is 0.281. The van der Waals surface area contributed by atoms with Crippen LogP contribution in [0.15, 0.2) is 30.5 Å². The van der Waals surface area contributed by atoms with Crippen LogP contribution >= 0.6 is 0 Å². The number of hydrogen-bond donors (Lipinski definition) is 2. The van der Waals surface area contributed by atoms with Gasteiger partial charge in [0, 0.05) is 18.4 Å². The van der Waals surface area contributed by atoms with Crippen LogP contribution in [0.3, 0.4) is 0 Å². The van der Waals surface area contributed by atoms with E-state index in [1.165, 1.54) is 31.5 Å². The van der Waals surface area contributed by atoms with Gasteiger partial charge in [-0.15, -0.1) is 10.2 Å². The zero-order chi connectivity index (χ0) is 15.2. The number of tetrazole rings is 1. The minimum atomic E-state index is 0.281. The predicted octanol–water partition coefficient (Wildman–Crippen LogP) is 1.77. The molecule has 3 rings (SSSR count). The molecule has 2 N–H and O–H groups in total. The monoisotopic (exact) mass is 295 g/mol. The number of likely N-dealkylation sites (tertiary alicyclic amines) is 1. The van der Waals surface area contributed by atoms with Crippen LogP contribution < -0.4 is 5.32 Å². The minimum absolute atomic E-state index is 0.281. The lowest BCUT2D eigenvalue weighted by molar-refractivity contribution is 0.331. The molecule has 2 heterocycles. The molecule has 1 aromatic heterocycles. The number of anilines is 1. The van der Waals surface area contributed by atoms with Crippen molar-refractivity contribution in [1.29, 1.82) is 5.26 Å². The van der Waals surface area contributed by atoms with Crippen LogP contribution in [0, 0.1) is 11.3 Å². The second-order valence-corrected chi connectivity index (χ2v) is 5.23. The third kappa shape index (κ3) is 3.48. The van der Waals surface area contributed by atoms with E-state index in [2.05, 4.69) is 49.0 Å². The van der Waals surface area contributed by atoms with E-state index in [1.54, 1.807) is 6.20 Å². The van der Waals surface area contributed by atoms with Crippen molar-refractivity contribution in [2.75, 3.05) is 18.4 Å². The second kappa shape index (κ2) is 6.83. The van der Waals surface area contributed by atoms with Gasteiger partial charge in [-0.25, -0.2) is 0 Å². The van der Waals surface area contributed by atoms with E-state index in [-0.39, 0.29) is 5.82 Å². The number of benzene rings is 1. The molecule has 0 aliphatic carbocycles. The van der Waals surface area contributed by atoms with Crippen molar-refractivity contribution in [3.63, 3.8) is 0 Å². The van der Waals surface area contributed by atoms with Crippen LogP contribution in [0.2, 0.25) is 0 Å². The molecule has 0 amide bonds. The summed E-state index contributed by atoms with van der Waals surface area (Å²) in [5.41, 5.74) is 2.53. The second-order valence-electron chi connectivity index (χ2n) is 5.23. The molecule has 112 valence electrons. The Kier molecular flexibility index (Phi) is 4.41. The van der Waals surface area contributed by atoms with Gasteiger partial charge >= 0.3 is 0 Å². The maximum atomic E-state index is 9.13. The van der Waals surface area contributed by atoms with Crippen molar-refractivity contribution in [3.8, 4) is 6.07 Å². The number of aromatic amines is 1. The van der Waals surface area contributed by atoms with Gasteiger partial charge in [0.25, 0.3) is 0 Å². The third-order valence-corrected chi connectivity index (χ3v) is 3.62. The van der Waals surface area contributed by atoms with Crippen LogP contribution in [0.25, 0.3) is 5.57 Å². The van der Waals surface area contributed by atoms with Crippen molar-refractivity contribution in [3.05, 3.63) is 41.9 Å². The number of aromatic nitrogens is 4. The maximum Gasteiger partial charge on any atom is 0.216 e. The van der Waals surface area contributed by atoms with Gasteiger partial charge in [0.1, 0.15) is 11.6 Å². The average molecular weight is 295 g/mol. The largest absolute Gasteiger partial charge is 0.360 e. The highest BCUT2D eigenvalue weighted by Crippen LogP contribution is 2.17. The zero-order valence-corrected chi connectivity index (χ0v) is 12.2. The molecule has 7 nitrogen and oxygen atoms in total. The number of hydrogen-bond acceptors (Lipinski definition) is 6. The maximum absolute atomic E-state index is 9.13. The first-order valence-electron chi connectivity index (χ1n) is 7.27. The van der Waals surface area contributed by atoms with E-state index < -0.39 is 0 Å². The van der Waals surface area contributed by atoms with Crippen LogP contribution in [-0.4, -0.2) is 38.6 Å². The third-order valence-electron chi connectivity index (χ3n) is 3.62. The smallest absolute Gasteiger partial charge is 0.216 e. The summed E-state index contributed by atoms with van der Waals surface area (Å²) >= 11 is 0. The molecular formula is C15H17N7. The fraction of sp³-hybridized carbons (Fsp3) is 0.333. The zero-order valence-electron chi connectivity index (χ0n) is 12.2. The van der Waals surface area contributed by atoms with Crippen LogP contribution in [0.4, 0.5) is 5.69 Å². The molecule has 1 fully saturated rings. The molecule has 1 aliphatic heterocycles. The fourth-order valence-corrected chi connectivity index (χ4v) is 2.54. The molecule has 1 aliphatic rings. The molecule has 1 aromatic carbocycles. The lowest BCUT2D eigenvalue weighted by atomic mass is 10.2. The molecular weight excluding hydrogens is 278 g/mol. The van der Waals surface area contributed by atoms with Gasteiger partial charge in [-0.2, -0.15) is 10.5 Å². The number of H-pyrrole nitrogens is 1. The summed E-state index contributed by atoms with van der Waals surface area (Å²) < 4.78 is 0. The highest BCUT2D eigenvalue weighted by Gasteiger charge is 2.11. The SMILES string of the molecule is N#CC(=CNc1cccc(CN2CCCC2)c1)c1nn[nH]n1. The summed E-state index contributed by atoms with van der Waals surface area (Å²) in [6.45, 7) is 3.32. The Morgan fingerprint density at radius 3 is 3.00 bits per heavy atom. The molecule has 2 aromatic rings. The minimum Gasteiger partial charge on any atom is -0.360 e. The van der Waals surface area contributed by atoms with Crippen molar-refractivity contribution in [1.82, 2.24) is 25.5 Å². The van der Waals surface area contributed by atoms with E-state index in [0.717, 1.165) is 12.2 Å². The molecule has 0 saturated carbocycles. The number of rotatable bonds is 5. The van der Waals surface area contributed by atoms with E-state index in [1.807, 2.05) is 12.1 Å². The number of allylic oxidation sites excluding steroid dienone is 1. The Labute approximate surface area is 128 Å². The molecule has 0 radical (unpaired) electrons. The van der Waals surface area contributed by atoms with Crippen molar-refractivity contribution in [2.24, 2.45) is 0 Å². The Morgan fingerprint density at radius 1 is 1.41 bits per heavy atom. The Hall–Kier alpha value is -2.72. The van der Waals surface area contributed by atoms with Gasteiger partial charge in [0.2, 0.25) is 5.82 Å². The summed E-state index contributed by atoms with van der Waals surface area (Å²) in [5, 5.41) is 25.7. The standard InChI is InChI=1S/C15H17N7/c16-9-13(15-18-20-21-19-15)10-17-14-5-3-4-12(8-14)11-22-6-1-2-7-22/h3-5,8,10,17H,1-2,6-7,11H2,(H,18,19,20,21). The van der Waals surface area contributed by atoms with E-state index >= 15 is 0 Å². The summed E-state index contributed by atoms with van der Waals surface area (Å²) in [6, 6.07) is 10.3. The van der Waals surface area contributed by atoms with Crippen LogP contribution in [-0.2, 0) is 6.54 Å². The Balaban J connectivity index is 1.68. The van der Waals surface area contributed by atoms with E-state index in [9.17, 15) is 0 Å². The highest BCUT2D eigenvalue weighted by molar-refractivity contribution is 5.74. The first-order chi connectivity index (χ1) is 10.8. The average Bonchev–Trinajstić information content (AvgIpc) is 3.22. The lowest BCUT2D eigenvalue weighted by Crippen LogP contribution is -2.18. The molecule has 7 heteroatoms. The van der Waals surface area contributed by atoms with Gasteiger partial charge in [-0.3, -0.25) is 4.90 Å². The fourth-order valence-electron chi connectivity index (χ4n) is 2.54. The van der Waals surface area contributed by atoms with Crippen LogP contribution in [0.5, 0.6) is 0 Å². The highest BCUT2D eigenvalue weighted by atomic mass is 15.5. The molecule has 0 unspecified atom stereocenters. The molecule has 0 atom stereocenters. The van der Waals surface area contributed by atoms with Gasteiger partial charge in [0.05, 0.1) is 0 Å². The van der Waals surface area contributed by atoms with Crippen LogP contribution in [0.1, 0.15) is 24.2 Å². The molecule has 1 saturated heterocycles.